The number of hydrogen-bond donors (Lipinski definition) is 2. The second kappa shape index (κ2) is 6.73. The normalized spacial score (nSPS) is 20.7. The average Bonchev–Trinajstić information content (AvgIpc) is 2.76. The third kappa shape index (κ3) is 4.05. The molecule has 0 aliphatic carbocycles. The van der Waals surface area contributed by atoms with Crippen LogP contribution in [0.1, 0.15) is 18.9 Å². The molecule has 0 spiro atoms. The Morgan fingerprint density at radius 3 is 2.86 bits per heavy atom. The van der Waals surface area contributed by atoms with Gasteiger partial charge in [0.15, 0.2) is 5.17 Å². The molecule has 6 nitrogen and oxygen atoms in total. The number of carbonyl (C=O) groups is 2. The van der Waals surface area contributed by atoms with Gasteiger partial charge in [0, 0.05) is 10.6 Å². The van der Waals surface area contributed by atoms with E-state index in [0.29, 0.717) is 10.7 Å². The van der Waals surface area contributed by atoms with E-state index in [2.05, 4.69) is 15.5 Å². The minimum atomic E-state index is -1.03. The lowest BCUT2D eigenvalue weighted by Gasteiger charge is -2.01. The van der Waals surface area contributed by atoms with Crippen LogP contribution in [0.15, 0.2) is 34.5 Å². The number of nitrogens with zero attached hydrogens (tertiary/aromatic N) is 2. The third-order valence-electron chi connectivity index (χ3n) is 2.69. The van der Waals surface area contributed by atoms with Crippen LogP contribution in [0.2, 0.25) is 5.02 Å². The van der Waals surface area contributed by atoms with Crippen LogP contribution in [0.5, 0.6) is 0 Å². The molecule has 110 valence electrons. The fourth-order valence-corrected chi connectivity index (χ4v) is 2.86. The smallest absolute Gasteiger partial charge is 0.305 e. The van der Waals surface area contributed by atoms with Crippen molar-refractivity contribution < 1.29 is 14.7 Å². The van der Waals surface area contributed by atoms with Crippen LogP contribution >= 0.6 is 23.4 Å². The van der Waals surface area contributed by atoms with Crippen LogP contribution in [0.3, 0.4) is 0 Å². The van der Waals surface area contributed by atoms with Crippen molar-refractivity contribution in [2.75, 3.05) is 0 Å². The van der Waals surface area contributed by atoms with Crippen molar-refractivity contribution in [1.82, 2.24) is 5.32 Å². The number of thioether (sulfide) groups is 1. The topological polar surface area (TPSA) is 91.1 Å². The number of carboxylic acids is 1. The summed E-state index contributed by atoms with van der Waals surface area (Å²) < 4.78 is 0. The van der Waals surface area contributed by atoms with Gasteiger partial charge < -0.3 is 10.4 Å². The highest BCUT2D eigenvalue weighted by molar-refractivity contribution is 8.15. The molecule has 1 aromatic rings. The Morgan fingerprint density at radius 1 is 1.48 bits per heavy atom. The number of halogens is 1. The second-order valence-corrected chi connectivity index (χ2v) is 5.86. The number of amidine groups is 1. The lowest BCUT2D eigenvalue weighted by molar-refractivity contribution is -0.138. The third-order valence-corrected chi connectivity index (χ3v) is 4.09. The molecule has 1 aliphatic rings. The molecule has 8 heteroatoms. The quantitative estimate of drug-likeness (QED) is 0.655. The highest BCUT2D eigenvalue weighted by atomic mass is 35.5. The fraction of sp³-hybridized carbons (Fsp3) is 0.231. The van der Waals surface area contributed by atoms with Crippen molar-refractivity contribution in [3.8, 4) is 0 Å². The lowest BCUT2D eigenvalue weighted by atomic mass is 10.1. The van der Waals surface area contributed by atoms with Crippen LogP contribution in [0.25, 0.3) is 0 Å². The van der Waals surface area contributed by atoms with Gasteiger partial charge in [-0.3, -0.25) is 9.59 Å². The standard InChI is InChI=1S/C13H12ClN3O3S/c1-7(8-4-2-3-5-9(8)14)16-17-13-15-12(20)10(21-13)6-11(18)19/h2-5,10H,6H2,1H3,(H,18,19)(H,15,17,20)/t10-/m0/s1. The Kier molecular flexibility index (Phi) is 4.98. The predicted octanol–water partition coefficient (Wildman–Crippen LogP) is 2.13. The van der Waals surface area contributed by atoms with E-state index in [1.807, 2.05) is 18.2 Å². The van der Waals surface area contributed by atoms with Crippen LogP contribution in [0.4, 0.5) is 0 Å². The van der Waals surface area contributed by atoms with Gasteiger partial charge in [-0.25, -0.2) is 0 Å². The van der Waals surface area contributed by atoms with Crippen molar-refractivity contribution in [2.24, 2.45) is 10.2 Å². The zero-order chi connectivity index (χ0) is 15.4. The summed E-state index contributed by atoms with van der Waals surface area (Å²) in [6.07, 6.45) is -0.247. The summed E-state index contributed by atoms with van der Waals surface area (Å²) in [6.45, 7) is 1.75. The summed E-state index contributed by atoms with van der Waals surface area (Å²) in [5.74, 6) is -1.40. The maximum absolute atomic E-state index is 11.5. The van der Waals surface area contributed by atoms with Gasteiger partial charge in [0.25, 0.3) is 0 Å². The molecule has 0 radical (unpaired) electrons. The molecule has 1 amide bonds. The minimum Gasteiger partial charge on any atom is -0.481 e. The van der Waals surface area contributed by atoms with Gasteiger partial charge in [-0.2, -0.15) is 5.10 Å². The van der Waals surface area contributed by atoms with Crippen molar-refractivity contribution in [1.29, 1.82) is 0 Å². The molecular formula is C13H12ClN3O3S. The molecule has 1 aliphatic heterocycles. The molecule has 1 aromatic carbocycles. The van der Waals surface area contributed by atoms with E-state index in [1.165, 1.54) is 0 Å². The molecule has 0 bridgehead atoms. The highest BCUT2D eigenvalue weighted by Gasteiger charge is 2.32. The van der Waals surface area contributed by atoms with Gasteiger partial charge in [-0.05, 0) is 13.0 Å². The first-order valence-corrected chi connectivity index (χ1v) is 7.29. The summed E-state index contributed by atoms with van der Waals surface area (Å²) in [4.78, 5) is 22.2. The summed E-state index contributed by atoms with van der Waals surface area (Å²) >= 11 is 7.11. The summed E-state index contributed by atoms with van der Waals surface area (Å²) in [7, 11) is 0. The minimum absolute atomic E-state index is 0.247. The van der Waals surface area contributed by atoms with E-state index in [1.54, 1.807) is 13.0 Å². The molecule has 0 saturated carbocycles. The molecule has 1 heterocycles. The zero-order valence-electron chi connectivity index (χ0n) is 11.0. The van der Waals surface area contributed by atoms with Crippen LogP contribution in [-0.2, 0) is 9.59 Å². The Hall–Kier alpha value is -1.86. The SMILES string of the molecule is CC(=N/N=C1\NC(=O)[C@H](CC(=O)O)S1)c1ccccc1Cl. The molecule has 0 unspecified atom stereocenters. The van der Waals surface area contributed by atoms with E-state index in [9.17, 15) is 9.59 Å². The van der Waals surface area contributed by atoms with Gasteiger partial charge in [-0.1, -0.05) is 41.6 Å². The fourth-order valence-electron chi connectivity index (χ4n) is 1.67. The summed E-state index contributed by atoms with van der Waals surface area (Å²) in [5.41, 5.74) is 1.35. The second-order valence-electron chi connectivity index (χ2n) is 4.26. The van der Waals surface area contributed by atoms with E-state index in [-0.39, 0.29) is 17.5 Å². The molecule has 21 heavy (non-hydrogen) atoms. The van der Waals surface area contributed by atoms with Crippen molar-refractivity contribution in [3.63, 3.8) is 0 Å². The molecule has 2 rings (SSSR count). The Balaban J connectivity index is 2.11. The first-order chi connectivity index (χ1) is 9.97. The largest absolute Gasteiger partial charge is 0.481 e. The van der Waals surface area contributed by atoms with Crippen molar-refractivity contribution >= 4 is 46.1 Å². The summed E-state index contributed by atoms with van der Waals surface area (Å²) in [5, 5.41) is 19.3. The number of nitrogens with one attached hydrogen (secondary N) is 1. The van der Waals surface area contributed by atoms with Gasteiger partial charge in [0.1, 0.15) is 5.25 Å². The van der Waals surface area contributed by atoms with Gasteiger partial charge in [0.05, 0.1) is 12.1 Å². The van der Waals surface area contributed by atoms with Gasteiger partial charge in [-0.15, -0.1) is 5.10 Å². The Labute approximate surface area is 130 Å². The monoisotopic (exact) mass is 325 g/mol. The predicted molar refractivity (Wildman–Crippen MR) is 82.9 cm³/mol. The first kappa shape index (κ1) is 15.5. The van der Waals surface area contributed by atoms with Gasteiger partial charge in [0.2, 0.25) is 5.91 Å². The molecule has 2 N–H and O–H groups in total. The number of amides is 1. The maximum atomic E-state index is 11.5. The molecule has 1 saturated heterocycles. The van der Waals surface area contributed by atoms with E-state index >= 15 is 0 Å². The van der Waals surface area contributed by atoms with Crippen molar-refractivity contribution in [3.05, 3.63) is 34.9 Å². The summed E-state index contributed by atoms with van der Waals surface area (Å²) in [6, 6.07) is 7.21. The number of carboxylic acid groups (broad SMARTS) is 1. The maximum Gasteiger partial charge on any atom is 0.305 e. The van der Waals surface area contributed by atoms with E-state index in [0.717, 1.165) is 17.3 Å². The number of carbonyl (C=O) groups excluding carboxylic acids is 1. The van der Waals surface area contributed by atoms with E-state index < -0.39 is 11.2 Å². The van der Waals surface area contributed by atoms with Crippen LogP contribution < -0.4 is 5.32 Å². The average molecular weight is 326 g/mol. The highest BCUT2D eigenvalue weighted by Crippen LogP contribution is 2.22. The number of hydrogen-bond acceptors (Lipinski definition) is 5. The van der Waals surface area contributed by atoms with Gasteiger partial charge >= 0.3 is 5.97 Å². The molecule has 0 aromatic heterocycles. The van der Waals surface area contributed by atoms with Crippen LogP contribution in [0, 0.1) is 0 Å². The number of benzene rings is 1. The molecule has 1 atom stereocenters. The van der Waals surface area contributed by atoms with Crippen LogP contribution in [-0.4, -0.2) is 33.1 Å². The Morgan fingerprint density at radius 2 is 2.19 bits per heavy atom. The zero-order valence-corrected chi connectivity index (χ0v) is 12.6. The number of aliphatic carboxylic acids is 1. The number of rotatable bonds is 4. The molecule has 1 fully saturated rings. The first-order valence-electron chi connectivity index (χ1n) is 6.04. The van der Waals surface area contributed by atoms with Crippen molar-refractivity contribution in [2.45, 2.75) is 18.6 Å². The lowest BCUT2D eigenvalue weighted by Crippen LogP contribution is -2.26. The Bertz CT molecular complexity index is 645. The molecular weight excluding hydrogens is 314 g/mol. The van der Waals surface area contributed by atoms with E-state index in [4.69, 9.17) is 16.7 Å².